The molecule has 1 unspecified atom stereocenters. The molecule has 0 saturated carbocycles. The van der Waals surface area contributed by atoms with Crippen molar-refractivity contribution in [2.45, 2.75) is 23.1 Å². The van der Waals surface area contributed by atoms with Crippen molar-refractivity contribution >= 4 is 29.3 Å². The van der Waals surface area contributed by atoms with Gasteiger partial charge in [0.05, 0.1) is 5.69 Å². The van der Waals surface area contributed by atoms with Crippen LogP contribution in [0.3, 0.4) is 0 Å². The lowest BCUT2D eigenvalue weighted by molar-refractivity contribution is -0.124. The van der Waals surface area contributed by atoms with Gasteiger partial charge in [0.25, 0.3) is 0 Å². The Labute approximate surface area is 179 Å². The second-order valence-electron chi connectivity index (χ2n) is 7.07. The summed E-state index contributed by atoms with van der Waals surface area (Å²) in [5.74, 6) is -0.661. The Morgan fingerprint density at radius 1 is 1.00 bits per heavy atom. The second-order valence-corrected chi connectivity index (χ2v) is 8.32. The van der Waals surface area contributed by atoms with Gasteiger partial charge in [-0.1, -0.05) is 54.6 Å². The minimum absolute atomic E-state index is 0.00729. The van der Waals surface area contributed by atoms with Gasteiger partial charge >= 0.3 is 0 Å². The van der Waals surface area contributed by atoms with Crippen molar-refractivity contribution in [1.82, 2.24) is 5.32 Å². The number of hydrogen-bond donors (Lipinski definition) is 1. The van der Waals surface area contributed by atoms with E-state index >= 15 is 0 Å². The second kappa shape index (κ2) is 9.13. The van der Waals surface area contributed by atoms with E-state index in [1.807, 2.05) is 54.6 Å². The largest absolute Gasteiger partial charge is 0.350 e. The third-order valence-corrected chi connectivity index (χ3v) is 6.28. The molecule has 0 aromatic heterocycles. The SMILES string of the molecule is O=C(CN1C(=O)CC(c2ccccc2)Sc2ccccc21)NCc1ccc(F)cc1. The summed E-state index contributed by atoms with van der Waals surface area (Å²) in [6, 6.07) is 23.6. The summed E-state index contributed by atoms with van der Waals surface area (Å²) in [6.07, 6.45) is 0.314. The number of hydrogen-bond acceptors (Lipinski definition) is 3. The first kappa shape index (κ1) is 20.2. The quantitative estimate of drug-likeness (QED) is 0.650. The highest BCUT2D eigenvalue weighted by Crippen LogP contribution is 2.45. The van der Waals surface area contributed by atoms with E-state index in [0.717, 1.165) is 21.7 Å². The lowest BCUT2D eigenvalue weighted by atomic mass is 10.1. The fourth-order valence-corrected chi connectivity index (χ4v) is 4.69. The van der Waals surface area contributed by atoms with Crippen molar-refractivity contribution in [1.29, 1.82) is 0 Å². The Morgan fingerprint density at radius 3 is 2.47 bits per heavy atom. The van der Waals surface area contributed by atoms with Crippen molar-refractivity contribution < 1.29 is 14.0 Å². The maximum Gasteiger partial charge on any atom is 0.240 e. The highest BCUT2D eigenvalue weighted by atomic mass is 32.2. The average Bonchev–Trinajstić information content (AvgIpc) is 2.91. The molecule has 152 valence electrons. The summed E-state index contributed by atoms with van der Waals surface area (Å²) in [7, 11) is 0. The molecule has 0 aliphatic carbocycles. The van der Waals surface area contributed by atoms with Gasteiger partial charge in [-0.05, 0) is 35.4 Å². The van der Waals surface area contributed by atoms with Crippen LogP contribution in [0.15, 0.2) is 83.8 Å². The molecule has 0 saturated heterocycles. The van der Waals surface area contributed by atoms with E-state index in [4.69, 9.17) is 0 Å². The van der Waals surface area contributed by atoms with Crippen LogP contribution in [-0.2, 0) is 16.1 Å². The molecule has 0 fully saturated rings. The van der Waals surface area contributed by atoms with Gasteiger partial charge < -0.3 is 10.2 Å². The Morgan fingerprint density at radius 2 is 1.70 bits per heavy atom. The number of halogens is 1. The first-order valence-corrected chi connectivity index (χ1v) is 10.6. The van der Waals surface area contributed by atoms with Crippen LogP contribution < -0.4 is 10.2 Å². The summed E-state index contributed by atoms with van der Waals surface area (Å²) in [5.41, 5.74) is 2.64. The molecule has 1 atom stereocenters. The number of carbonyl (C=O) groups excluding carboxylic acids is 2. The number of nitrogens with zero attached hydrogens (tertiary/aromatic N) is 1. The fraction of sp³-hybridized carbons (Fsp3) is 0.167. The molecule has 2 amide bonds. The molecule has 4 rings (SSSR count). The molecule has 1 aliphatic heterocycles. The van der Waals surface area contributed by atoms with Gasteiger partial charge in [0.2, 0.25) is 11.8 Å². The standard InChI is InChI=1S/C24H21FN2O2S/c25-19-12-10-17(11-13-19)15-26-23(28)16-27-20-8-4-5-9-21(20)30-22(14-24(27)29)18-6-2-1-3-7-18/h1-13,22H,14-16H2,(H,26,28). The van der Waals surface area contributed by atoms with E-state index in [2.05, 4.69) is 5.32 Å². The van der Waals surface area contributed by atoms with Crippen LogP contribution in [0.4, 0.5) is 10.1 Å². The Balaban J connectivity index is 1.50. The first-order chi connectivity index (χ1) is 14.6. The molecule has 3 aromatic rings. The molecule has 1 N–H and O–H groups in total. The number of benzene rings is 3. The maximum absolute atomic E-state index is 13.1. The molecule has 0 spiro atoms. The van der Waals surface area contributed by atoms with Crippen LogP contribution in [0.2, 0.25) is 0 Å². The van der Waals surface area contributed by atoms with Crippen molar-refractivity contribution in [2.75, 3.05) is 11.4 Å². The van der Waals surface area contributed by atoms with Gasteiger partial charge in [-0.15, -0.1) is 11.8 Å². The molecule has 0 bridgehead atoms. The highest BCUT2D eigenvalue weighted by Gasteiger charge is 2.30. The molecular formula is C24H21FN2O2S. The molecular weight excluding hydrogens is 399 g/mol. The molecule has 0 radical (unpaired) electrons. The van der Waals surface area contributed by atoms with Crippen LogP contribution in [0.1, 0.15) is 22.8 Å². The third kappa shape index (κ3) is 4.71. The van der Waals surface area contributed by atoms with Crippen LogP contribution in [0.25, 0.3) is 0 Å². The van der Waals surface area contributed by atoms with Crippen LogP contribution in [0, 0.1) is 5.82 Å². The number of fused-ring (bicyclic) bond motifs is 1. The maximum atomic E-state index is 13.1. The number of thioether (sulfide) groups is 1. The van der Waals surface area contributed by atoms with E-state index in [1.165, 1.54) is 12.1 Å². The molecule has 4 nitrogen and oxygen atoms in total. The number of rotatable bonds is 5. The number of amides is 2. The summed E-state index contributed by atoms with van der Waals surface area (Å²) in [5, 5.41) is 2.81. The number of anilines is 1. The molecule has 6 heteroatoms. The number of para-hydroxylation sites is 1. The molecule has 3 aromatic carbocycles. The Bertz CT molecular complexity index is 1040. The van der Waals surface area contributed by atoms with Gasteiger partial charge in [0, 0.05) is 23.1 Å². The normalized spacial score (nSPS) is 16.0. The molecule has 1 aliphatic rings. The summed E-state index contributed by atoms with van der Waals surface area (Å²) >= 11 is 1.65. The fourth-order valence-electron chi connectivity index (χ4n) is 3.41. The van der Waals surface area contributed by atoms with Crippen molar-refractivity contribution in [3.63, 3.8) is 0 Å². The van der Waals surface area contributed by atoms with E-state index < -0.39 is 0 Å². The predicted octanol–water partition coefficient (Wildman–Crippen LogP) is 4.71. The summed E-state index contributed by atoms with van der Waals surface area (Å²) < 4.78 is 13.0. The van der Waals surface area contributed by atoms with E-state index in [9.17, 15) is 14.0 Å². The molecule has 30 heavy (non-hydrogen) atoms. The van der Waals surface area contributed by atoms with E-state index in [0.29, 0.717) is 6.42 Å². The topological polar surface area (TPSA) is 49.4 Å². The number of carbonyl (C=O) groups is 2. The van der Waals surface area contributed by atoms with Crippen molar-refractivity contribution in [2.24, 2.45) is 0 Å². The van der Waals surface area contributed by atoms with E-state index in [1.54, 1.807) is 28.8 Å². The minimum atomic E-state index is -0.317. The van der Waals surface area contributed by atoms with Crippen LogP contribution >= 0.6 is 11.8 Å². The molecule has 1 heterocycles. The Kier molecular flexibility index (Phi) is 6.14. The van der Waals surface area contributed by atoms with Crippen molar-refractivity contribution in [3.8, 4) is 0 Å². The monoisotopic (exact) mass is 420 g/mol. The zero-order chi connectivity index (χ0) is 20.9. The van der Waals surface area contributed by atoms with Gasteiger partial charge in [0.15, 0.2) is 0 Å². The van der Waals surface area contributed by atoms with Gasteiger partial charge in [-0.2, -0.15) is 0 Å². The van der Waals surface area contributed by atoms with E-state index in [-0.39, 0.29) is 36.0 Å². The van der Waals surface area contributed by atoms with Gasteiger partial charge in [0.1, 0.15) is 12.4 Å². The number of nitrogens with one attached hydrogen (secondary N) is 1. The van der Waals surface area contributed by atoms with Crippen LogP contribution in [-0.4, -0.2) is 18.4 Å². The van der Waals surface area contributed by atoms with Crippen molar-refractivity contribution in [3.05, 3.63) is 95.8 Å². The third-order valence-electron chi connectivity index (χ3n) is 4.96. The highest BCUT2D eigenvalue weighted by molar-refractivity contribution is 7.99. The summed E-state index contributed by atoms with van der Waals surface area (Å²) in [4.78, 5) is 28.2. The smallest absolute Gasteiger partial charge is 0.240 e. The zero-order valence-corrected chi connectivity index (χ0v) is 17.1. The lowest BCUT2D eigenvalue weighted by Gasteiger charge is -2.22. The predicted molar refractivity (Wildman–Crippen MR) is 117 cm³/mol. The van der Waals surface area contributed by atoms with Gasteiger partial charge in [-0.25, -0.2) is 4.39 Å². The Hall–Kier alpha value is -3.12. The zero-order valence-electron chi connectivity index (χ0n) is 16.3. The van der Waals surface area contributed by atoms with Crippen LogP contribution in [0.5, 0.6) is 0 Å². The van der Waals surface area contributed by atoms with Gasteiger partial charge in [-0.3, -0.25) is 9.59 Å². The first-order valence-electron chi connectivity index (χ1n) is 9.72. The minimum Gasteiger partial charge on any atom is -0.350 e. The lowest BCUT2D eigenvalue weighted by Crippen LogP contribution is -2.40. The summed E-state index contributed by atoms with van der Waals surface area (Å²) in [6.45, 7) is 0.225. The average molecular weight is 421 g/mol.